The topological polar surface area (TPSA) is 163 Å². The highest BCUT2D eigenvalue weighted by atomic mass is 19.4. The van der Waals surface area contributed by atoms with Crippen molar-refractivity contribution in [3.8, 4) is 5.75 Å². The van der Waals surface area contributed by atoms with E-state index in [9.17, 15) is 32.7 Å². The molecular weight excluding hydrogens is 549 g/mol. The Morgan fingerprint density at radius 2 is 1.78 bits per heavy atom. The minimum Gasteiger partial charge on any atom is -0.490 e. The van der Waals surface area contributed by atoms with Crippen molar-refractivity contribution in [3.63, 3.8) is 0 Å². The van der Waals surface area contributed by atoms with Crippen LogP contribution >= 0.6 is 0 Å². The minimum atomic E-state index is -5.08. The molecule has 0 radical (unpaired) electrons. The number of alkyl halides is 3. The van der Waals surface area contributed by atoms with Crippen LogP contribution in [-0.2, 0) is 20.8 Å². The predicted molar refractivity (Wildman–Crippen MR) is 143 cm³/mol. The summed E-state index contributed by atoms with van der Waals surface area (Å²) in [6.07, 6.45) is -1.35. The zero-order valence-electron chi connectivity index (χ0n) is 22.8. The normalized spacial score (nSPS) is 14.1. The molecule has 1 unspecified atom stereocenters. The Hall–Kier alpha value is -4.36. The molecule has 2 aromatic rings. The number of hydrogen-bond acceptors (Lipinski definition) is 7. The van der Waals surface area contributed by atoms with Gasteiger partial charge in [-0.1, -0.05) is 6.07 Å². The number of ether oxygens (including phenoxy) is 1. The van der Waals surface area contributed by atoms with E-state index in [1.165, 1.54) is 4.90 Å². The van der Waals surface area contributed by atoms with Gasteiger partial charge < -0.3 is 30.5 Å². The average molecular weight is 583 g/mol. The van der Waals surface area contributed by atoms with Crippen LogP contribution in [-0.4, -0.2) is 75.3 Å². The van der Waals surface area contributed by atoms with E-state index >= 15 is 0 Å². The lowest BCUT2D eigenvalue weighted by Crippen LogP contribution is -2.46. The minimum absolute atomic E-state index is 0.142. The number of nitrogen functional groups attached to an aromatic ring is 1. The summed E-state index contributed by atoms with van der Waals surface area (Å²) in [4.78, 5) is 53.5. The lowest BCUT2D eigenvalue weighted by Gasteiger charge is -2.28. The number of hydrogen-bond donors (Lipinski definition) is 3. The number of benzene rings is 1. The largest absolute Gasteiger partial charge is 0.490 e. The van der Waals surface area contributed by atoms with Crippen LogP contribution in [0, 0.1) is 0 Å². The molecule has 1 aromatic heterocycles. The third-order valence-electron chi connectivity index (χ3n) is 6.06. The first-order valence-corrected chi connectivity index (χ1v) is 12.7. The van der Waals surface area contributed by atoms with Gasteiger partial charge in [-0.2, -0.15) is 13.2 Å². The summed E-state index contributed by atoms with van der Waals surface area (Å²) >= 11 is 0. The third-order valence-corrected chi connectivity index (χ3v) is 6.06. The number of rotatable bonds is 10. The van der Waals surface area contributed by atoms with Gasteiger partial charge >= 0.3 is 18.1 Å². The first-order valence-electron chi connectivity index (χ1n) is 12.7. The van der Waals surface area contributed by atoms with Crippen molar-refractivity contribution in [1.82, 2.24) is 9.88 Å². The number of nitrogens with two attached hydrogens (primary N) is 1. The third kappa shape index (κ3) is 9.36. The number of amides is 2. The number of nitrogens with zero attached hydrogens (tertiary/aromatic N) is 3. The number of fused-ring (bicyclic) bond motifs is 1. The molecule has 0 saturated carbocycles. The second-order valence-electron chi connectivity index (χ2n) is 9.58. The fourth-order valence-electron chi connectivity index (χ4n) is 4.13. The number of aromatic nitrogens is 1. The maximum absolute atomic E-state index is 13.4. The van der Waals surface area contributed by atoms with Gasteiger partial charge in [0.2, 0.25) is 5.91 Å². The summed E-state index contributed by atoms with van der Waals surface area (Å²) in [6.45, 7) is 5.79. The molecule has 0 fully saturated rings. The molecule has 0 spiro atoms. The van der Waals surface area contributed by atoms with Crippen LogP contribution in [0.2, 0.25) is 0 Å². The molecule has 41 heavy (non-hydrogen) atoms. The van der Waals surface area contributed by atoms with Gasteiger partial charge in [-0.3, -0.25) is 14.4 Å². The summed E-state index contributed by atoms with van der Waals surface area (Å²) < 4.78 is 37.4. The van der Waals surface area contributed by atoms with Crippen LogP contribution in [0.15, 0.2) is 36.5 Å². The quantitative estimate of drug-likeness (QED) is 0.354. The summed E-state index contributed by atoms with van der Waals surface area (Å²) in [6, 6.07) is 8.38. The number of unbranched alkanes of at least 4 members (excludes halogenated alkanes) is 1. The Morgan fingerprint density at radius 1 is 1.12 bits per heavy atom. The van der Waals surface area contributed by atoms with Gasteiger partial charge in [-0.25, -0.2) is 9.78 Å². The van der Waals surface area contributed by atoms with E-state index in [-0.39, 0.29) is 30.8 Å². The zero-order valence-corrected chi connectivity index (χ0v) is 22.8. The first-order chi connectivity index (χ1) is 19.1. The number of carbonyl (C=O) groups is 4. The van der Waals surface area contributed by atoms with E-state index < -0.39 is 24.2 Å². The first kappa shape index (κ1) is 32.8. The Labute approximate surface area is 234 Å². The molecular formula is C27H33F3N4O7. The molecule has 0 bridgehead atoms. The van der Waals surface area contributed by atoms with Crippen LogP contribution in [0.25, 0.3) is 0 Å². The maximum atomic E-state index is 13.4. The van der Waals surface area contributed by atoms with E-state index in [0.717, 1.165) is 24.8 Å². The molecule has 0 saturated heterocycles. The molecule has 14 heteroatoms. The number of anilines is 2. The second-order valence-corrected chi connectivity index (χ2v) is 9.58. The van der Waals surface area contributed by atoms with Gasteiger partial charge in [0.25, 0.3) is 5.91 Å². The second kappa shape index (κ2) is 14.3. The van der Waals surface area contributed by atoms with Crippen molar-refractivity contribution < 1.29 is 47.3 Å². The molecule has 1 aromatic carbocycles. The molecule has 3 rings (SSSR count). The zero-order chi connectivity index (χ0) is 30.9. The van der Waals surface area contributed by atoms with Crippen molar-refractivity contribution in [2.75, 3.05) is 23.8 Å². The molecule has 1 atom stereocenters. The number of halogens is 3. The van der Waals surface area contributed by atoms with Gasteiger partial charge in [-0.15, -0.1) is 0 Å². The molecule has 2 heterocycles. The predicted octanol–water partition coefficient (Wildman–Crippen LogP) is 3.76. The number of pyridine rings is 1. The van der Waals surface area contributed by atoms with Crippen LogP contribution in [0.4, 0.5) is 24.7 Å². The van der Waals surface area contributed by atoms with Crippen molar-refractivity contribution >= 4 is 35.3 Å². The van der Waals surface area contributed by atoms with Crippen molar-refractivity contribution in [2.24, 2.45) is 0 Å². The Morgan fingerprint density at radius 3 is 2.34 bits per heavy atom. The molecule has 0 aliphatic carbocycles. The van der Waals surface area contributed by atoms with E-state index in [2.05, 4.69) is 4.98 Å². The van der Waals surface area contributed by atoms with Gasteiger partial charge in [-0.05, 0) is 69.9 Å². The van der Waals surface area contributed by atoms with Gasteiger partial charge in [0, 0.05) is 18.3 Å². The van der Waals surface area contributed by atoms with Crippen LogP contribution in [0.5, 0.6) is 5.75 Å². The number of carboxylic acid groups (broad SMARTS) is 2. The smallest absolute Gasteiger partial charge is 0.490 e. The van der Waals surface area contributed by atoms with Crippen LogP contribution < -0.4 is 15.4 Å². The summed E-state index contributed by atoms with van der Waals surface area (Å²) in [5.74, 6) is -3.39. The maximum Gasteiger partial charge on any atom is 0.490 e. The molecule has 11 nitrogen and oxygen atoms in total. The molecule has 2 amide bonds. The number of carboxylic acids is 2. The Kier molecular flexibility index (Phi) is 11.5. The molecule has 4 N–H and O–H groups in total. The summed E-state index contributed by atoms with van der Waals surface area (Å²) in [5.41, 5.74) is 7.74. The van der Waals surface area contributed by atoms with E-state index in [1.807, 2.05) is 32.0 Å². The molecule has 1 aliphatic rings. The van der Waals surface area contributed by atoms with Crippen molar-refractivity contribution in [1.29, 1.82) is 0 Å². The summed E-state index contributed by atoms with van der Waals surface area (Å²) in [7, 11) is 0. The Balaban J connectivity index is 0.000000745. The molecule has 224 valence electrons. The lowest BCUT2D eigenvalue weighted by molar-refractivity contribution is -0.192. The number of aliphatic carboxylic acids is 2. The number of aryl methyl sites for hydroxylation is 1. The van der Waals surface area contributed by atoms with Gasteiger partial charge in [0.05, 0.1) is 24.3 Å². The van der Waals surface area contributed by atoms with Gasteiger partial charge in [0.1, 0.15) is 6.54 Å². The standard InChI is InChI=1S/C25H32N4O5.C2HF3O2/c1-16(2)29-20-10-9-18(7-4-5-12-34-21-8-6-11-27-24(21)26)14-19(20)25(33)28(15-22(29)30)17(3)13-23(31)32;3-2(4,5)1(6)7/h6,8-11,14,16-17H,4-5,7,12-13,15H2,1-3H3,(H2,26,27)(H,31,32);(H,6,7). The van der Waals surface area contributed by atoms with E-state index in [0.29, 0.717) is 29.4 Å². The van der Waals surface area contributed by atoms with E-state index in [4.69, 9.17) is 20.4 Å². The van der Waals surface area contributed by atoms with Crippen molar-refractivity contribution in [3.05, 3.63) is 47.7 Å². The average Bonchev–Trinajstić information content (AvgIpc) is 2.98. The number of carbonyl (C=O) groups excluding carboxylic acids is 2. The van der Waals surface area contributed by atoms with Gasteiger partial charge in [0.15, 0.2) is 11.6 Å². The van der Waals surface area contributed by atoms with Crippen LogP contribution in [0.3, 0.4) is 0 Å². The summed E-state index contributed by atoms with van der Waals surface area (Å²) in [5, 5.41) is 16.3. The Bertz CT molecular complexity index is 1250. The highest BCUT2D eigenvalue weighted by molar-refractivity contribution is 6.10. The monoisotopic (exact) mass is 582 g/mol. The van der Waals surface area contributed by atoms with Crippen molar-refractivity contribution in [2.45, 2.75) is 64.7 Å². The lowest BCUT2D eigenvalue weighted by atomic mass is 10.0. The SMILES string of the molecule is CC(CC(=O)O)N1CC(=O)N(C(C)C)c2ccc(CCCCOc3cccnc3N)cc2C1=O.O=C(O)C(F)(F)F. The molecule has 1 aliphatic heterocycles. The highest BCUT2D eigenvalue weighted by Crippen LogP contribution is 2.30. The fourth-order valence-corrected chi connectivity index (χ4v) is 4.13. The van der Waals surface area contributed by atoms with E-state index in [1.54, 1.807) is 30.2 Å². The van der Waals surface area contributed by atoms with Crippen LogP contribution in [0.1, 0.15) is 56.0 Å². The highest BCUT2D eigenvalue weighted by Gasteiger charge is 2.38. The fraction of sp³-hybridized carbons (Fsp3) is 0.444.